The Kier molecular flexibility index (Phi) is 2.65. The van der Waals surface area contributed by atoms with Gasteiger partial charge in [-0.05, 0) is 20.5 Å². The molecule has 0 aliphatic carbocycles. The first kappa shape index (κ1) is 6.07. The van der Waals surface area contributed by atoms with Crippen LogP contribution in [0.3, 0.4) is 0 Å². The van der Waals surface area contributed by atoms with Crippen molar-refractivity contribution >= 4 is 41.5 Å². The number of rotatable bonds is 0. The van der Waals surface area contributed by atoms with E-state index in [0.717, 1.165) is 0 Å². The van der Waals surface area contributed by atoms with Gasteiger partial charge in [-0.25, -0.2) is 0 Å². The highest BCUT2D eigenvalue weighted by molar-refractivity contribution is 15.1. The zero-order valence-electron chi connectivity index (χ0n) is 3.99. The third-order valence-electron chi connectivity index (χ3n) is 0.634. The average Bonchev–Trinajstić information content (AvgIpc) is 1.69. The van der Waals surface area contributed by atoms with Gasteiger partial charge in [-0.1, -0.05) is 39.6 Å². The van der Waals surface area contributed by atoms with Gasteiger partial charge in [0, 0.05) is 0 Å². The molecule has 1 aliphatic heterocycles. The molecule has 1 rings (SSSR count). The minimum absolute atomic E-state index is 0.536. The summed E-state index contributed by atoms with van der Waals surface area (Å²) >= 11 is 1.08. The molecule has 0 nitrogen and oxygen atoms in total. The summed E-state index contributed by atoms with van der Waals surface area (Å²) in [6.07, 6.45) is 2.25. The molecular formula is C5H6I2. The highest BCUT2D eigenvalue weighted by Crippen LogP contribution is 2.21. The molecule has 7 heavy (non-hydrogen) atoms. The third-order valence-corrected chi connectivity index (χ3v) is 7.98. The molecule has 1 heterocycles. The molecule has 0 N–H and O–H groups in total. The van der Waals surface area contributed by atoms with E-state index in [4.69, 9.17) is 0 Å². The third kappa shape index (κ3) is 2.12. The minimum Gasteiger partial charge on any atom is -0.0530 e. The fraction of sp³-hybridized carbons (Fsp3) is 0.200. The van der Waals surface area contributed by atoms with Gasteiger partial charge >= 0.3 is 0 Å². The van der Waals surface area contributed by atoms with Crippen LogP contribution in [0.15, 0.2) is 11.6 Å². The highest BCUT2D eigenvalue weighted by atomic mass is 128. The van der Waals surface area contributed by atoms with Crippen LogP contribution in [-0.4, -0.2) is 8.02 Å². The number of hydrogen-bond acceptors (Lipinski definition) is 0. The molecule has 0 aromatic rings. The van der Waals surface area contributed by atoms with E-state index in [2.05, 4.69) is 21.0 Å². The Balaban J connectivity index is 2.82. The lowest BCUT2D eigenvalue weighted by Crippen LogP contribution is -1.73. The molecule has 40 valence electrons. The Bertz CT molecular complexity index is 142. The average molecular weight is 320 g/mol. The number of hydrogen-bond donors (Lipinski definition) is 0. The number of halogens is 2. The van der Waals surface area contributed by atoms with Gasteiger partial charge in [0.1, 0.15) is 0 Å². The van der Waals surface area contributed by atoms with Gasteiger partial charge < -0.3 is 0 Å². The van der Waals surface area contributed by atoms with Crippen molar-refractivity contribution in [1.82, 2.24) is 0 Å². The van der Waals surface area contributed by atoms with Crippen molar-refractivity contribution in [3.05, 3.63) is 11.6 Å². The van der Waals surface area contributed by atoms with Crippen LogP contribution in [0.5, 0.6) is 0 Å². The van der Waals surface area contributed by atoms with Crippen LogP contribution < -0.4 is 0 Å². The van der Waals surface area contributed by atoms with E-state index in [9.17, 15) is 0 Å². The van der Waals surface area contributed by atoms with E-state index in [1.807, 2.05) is 0 Å². The molecule has 0 saturated carbocycles. The van der Waals surface area contributed by atoms with E-state index >= 15 is 0 Å². The molecule has 0 unspecified atom stereocenters. The van der Waals surface area contributed by atoms with Crippen LogP contribution in [0, 0.1) is 0 Å². The summed E-state index contributed by atoms with van der Waals surface area (Å²) in [5.41, 5.74) is 1.48. The lowest BCUT2D eigenvalue weighted by atomic mass is 10.3. The molecule has 0 spiro atoms. The smallest absolute Gasteiger partial charge is 0.0204 e. The van der Waals surface area contributed by atoms with Crippen molar-refractivity contribution in [2.75, 3.05) is 0 Å². The van der Waals surface area contributed by atoms with E-state index < -0.39 is 0 Å². The van der Waals surface area contributed by atoms with E-state index in [-0.39, 0.29) is 0 Å². The van der Waals surface area contributed by atoms with Crippen molar-refractivity contribution in [2.45, 2.75) is 6.92 Å². The molecule has 0 aromatic heterocycles. The maximum atomic E-state index is 2.42. The van der Waals surface area contributed by atoms with Gasteiger partial charge in [0.15, 0.2) is 0 Å². The van der Waals surface area contributed by atoms with Crippen LogP contribution in [0.1, 0.15) is 6.92 Å². The molecule has 0 radical (unpaired) electrons. The maximum Gasteiger partial charge on any atom is -0.0204 e. The van der Waals surface area contributed by atoms with Crippen LogP contribution in [-0.2, 0) is 0 Å². The monoisotopic (exact) mass is 320 g/mol. The lowest BCUT2D eigenvalue weighted by molar-refractivity contribution is 1.68. The summed E-state index contributed by atoms with van der Waals surface area (Å²) in [5, 5.41) is 0. The Morgan fingerprint density at radius 2 is 2.29 bits per heavy atom. The molecule has 0 amide bonds. The van der Waals surface area contributed by atoms with Crippen molar-refractivity contribution in [3.8, 4) is 0 Å². The van der Waals surface area contributed by atoms with E-state index in [0.29, 0.717) is 33.5 Å². The summed E-state index contributed by atoms with van der Waals surface area (Å²) in [6.45, 7) is 2.18. The van der Waals surface area contributed by atoms with E-state index in [1.165, 1.54) is 5.57 Å². The zero-order chi connectivity index (χ0) is 5.11. The fourth-order valence-electron chi connectivity index (χ4n) is 0.276. The van der Waals surface area contributed by atoms with Gasteiger partial charge in [0.2, 0.25) is 0 Å². The number of allylic oxidation sites excluding steroid dienone is 2. The zero-order valence-corrected chi connectivity index (χ0v) is 8.30. The predicted molar refractivity (Wildman–Crippen MR) is 53.9 cm³/mol. The Morgan fingerprint density at radius 3 is 2.57 bits per heavy atom. The van der Waals surface area contributed by atoms with Gasteiger partial charge in [-0.15, -0.1) is 0 Å². The van der Waals surface area contributed by atoms with Crippen LogP contribution in [0.25, 0.3) is 0 Å². The van der Waals surface area contributed by atoms with Gasteiger partial charge in [-0.2, -0.15) is 0 Å². The van der Waals surface area contributed by atoms with Crippen molar-refractivity contribution in [2.24, 2.45) is 0 Å². The molecule has 0 bridgehead atoms. The topological polar surface area (TPSA) is 0 Å². The SMILES string of the molecule is CC1=CC=II=C1. The van der Waals surface area contributed by atoms with Crippen LogP contribution in [0.2, 0.25) is 0 Å². The second-order valence-corrected chi connectivity index (χ2v) is 9.91. The van der Waals surface area contributed by atoms with Gasteiger partial charge in [-0.3, -0.25) is 0 Å². The van der Waals surface area contributed by atoms with Gasteiger partial charge in [0.25, 0.3) is 0 Å². The summed E-state index contributed by atoms with van der Waals surface area (Å²) < 4.78 is 4.80. The first-order chi connectivity index (χ1) is 3.39. The molecule has 2 heteroatoms. The Morgan fingerprint density at radius 1 is 1.43 bits per heavy atom. The normalized spacial score (nSPS) is 19.3. The maximum absolute atomic E-state index is 2.42. The predicted octanol–water partition coefficient (Wildman–Crippen LogP) is 2.41. The standard InChI is InChI=1S/C5H6I2/c1-5-2-3-6-7-4-5/h2-4H,1H3. The Hall–Kier alpha value is 0.940. The summed E-state index contributed by atoms with van der Waals surface area (Å²) in [4.78, 5) is 0. The molecule has 0 saturated heterocycles. The van der Waals surface area contributed by atoms with E-state index in [1.54, 1.807) is 0 Å². The molecular weight excluding hydrogens is 314 g/mol. The van der Waals surface area contributed by atoms with Crippen molar-refractivity contribution in [3.63, 3.8) is 0 Å². The minimum atomic E-state index is 0.536. The largest absolute Gasteiger partial charge is 0.0530 e. The Labute approximate surface area is 59.5 Å². The first-order valence-electron chi connectivity index (χ1n) is 1.99. The second-order valence-electron chi connectivity index (χ2n) is 1.31. The lowest BCUT2D eigenvalue weighted by Gasteiger charge is -1.87. The van der Waals surface area contributed by atoms with Gasteiger partial charge in [0.05, 0.1) is 0 Å². The van der Waals surface area contributed by atoms with Crippen molar-refractivity contribution < 1.29 is 0 Å². The molecule has 0 atom stereocenters. The summed E-state index contributed by atoms with van der Waals surface area (Å²) in [6, 6.07) is 0. The molecule has 1 aliphatic rings. The fourth-order valence-corrected chi connectivity index (χ4v) is 7.22. The molecule has 0 fully saturated rings. The van der Waals surface area contributed by atoms with Crippen LogP contribution >= 0.6 is 33.5 Å². The second kappa shape index (κ2) is 3.06. The summed E-state index contributed by atoms with van der Waals surface area (Å²) in [5.74, 6) is 0. The highest BCUT2D eigenvalue weighted by Gasteiger charge is 1.80. The first-order valence-corrected chi connectivity index (χ1v) is 10.8. The van der Waals surface area contributed by atoms with Crippen molar-refractivity contribution in [1.29, 1.82) is 0 Å². The quantitative estimate of drug-likeness (QED) is 0.602. The summed E-state index contributed by atoms with van der Waals surface area (Å²) in [7, 11) is 0. The molecule has 0 aromatic carbocycles. The van der Waals surface area contributed by atoms with Crippen LogP contribution in [0.4, 0.5) is 0 Å².